The van der Waals surface area contributed by atoms with Crippen LogP contribution < -0.4 is 5.73 Å². The number of amides is 1. The number of rotatable bonds is 9. The number of allylic oxidation sites excluding steroid dienone is 1. The van der Waals surface area contributed by atoms with E-state index in [0.717, 1.165) is 17.7 Å². The molecule has 0 spiro atoms. The lowest BCUT2D eigenvalue weighted by Gasteiger charge is -2.16. The van der Waals surface area contributed by atoms with E-state index >= 15 is 0 Å². The molecule has 2 heterocycles. The van der Waals surface area contributed by atoms with Gasteiger partial charge in [-0.1, -0.05) is 49.8 Å². The maximum atomic E-state index is 12.6. The van der Waals surface area contributed by atoms with E-state index in [0.29, 0.717) is 25.9 Å². The van der Waals surface area contributed by atoms with Crippen LogP contribution in [0.15, 0.2) is 53.9 Å². The van der Waals surface area contributed by atoms with Gasteiger partial charge in [-0.2, -0.15) is 13.2 Å². The van der Waals surface area contributed by atoms with Crippen molar-refractivity contribution < 1.29 is 32.7 Å². The molecule has 0 aliphatic carbocycles. The minimum Gasteiger partial charge on any atom is -0.475 e. The number of hydrogen-bond donors (Lipinski definition) is 2. The Hall–Kier alpha value is -2.98. The van der Waals surface area contributed by atoms with Crippen LogP contribution >= 0.6 is 11.3 Å². The maximum absolute atomic E-state index is 12.6. The highest BCUT2D eigenvalue weighted by Gasteiger charge is 2.38. The highest BCUT2D eigenvalue weighted by Crippen LogP contribution is 2.23. The highest BCUT2D eigenvalue weighted by molar-refractivity contribution is 7.09. The van der Waals surface area contributed by atoms with Crippen molar-refractivity contribution in [2.45, 2.75) is 57.9 Å². The second-order valence-corrected chi connectivity index (χ2v) is 9.27. The zero-order chi connectivity index (χ0) is 26.0. The molecule has 1 aromatic carbocycles. The van der Waals surface area contributed by atoms with Gasteiger partial charge in [0.25, 0.3) is 0 Å². The number of benzene rings is 1. The van der Waals surface area contributed by atoms with E-state index in [1.54, 1.807) is 17.4 Å². The van der Waals surface area contributed by atoms with Gasteiger partial charge in [-0.15, -0.1) is 11.3 Å². The first-order valence-corrected chi connectivity index (χ1v) is 12.0. The topological polar surface area (TPSA) is 101 Å². The summed E-state index contributed by atoms with van der Waals surface area (Å²) in [4.78, 5) is 37.0. The molecule has 3 rings (SSSR count). The summed E-state index contributed by atoms with van der Waals surface area (Å²) in [6.45, 7) is 3.40. The summed E-state index contributed by atoms with van der Waals surface area (Å²) in [5.74, 6) is -2.63. The molecular formula is C25H29F3N2O4S. The Kier molecular flexibility index (Phi) is 10.7. The van der Waals surface area contributed by atoms with E-state index < -0.39 is 18.2 Å². The van der Waals surface area contributed by atoms with Crippen molar-refractivity contribution in [2.24, 2.45) is 11.7 Å². The van der Waals surface area contributed by atoms with Crippen LogP contribution in [0.1, 0.15) is 42.2 Å². The summed E-state index contributed by atoms with van der Waals surface area (Å²) in [6.07, 6.45) is 1.29. The van der Waals surface area contributed by atoms with Gasteiger partial charge >= 0.3 is 12.1 Å². The number of ketones is 1. The van der Waals surface area contributed by atoms with E-state index in [1.165, 1.54) is 11.1 Å². The fourth-order valence-electron chi connectivity index (χ4n) is 3.62. The van der Waals surface area contributed by atoms with Crippen molar-refractivity contribution in [3.8, 4) is 0 Å². The van der Waals surface area contributed by atoms with Crippen molar-refractivity contribution in [3.63, 3.8) is 0 Å². The number of fused-ring (bicyclic) bond motifs is 1. The molecular weight excluding hydrogens is 481 g/mol. The molecule has 0 saturated carbocycles. The van der Waals surface area contributed by atoms with Gasteiger partial charge in [0, 0.05) is 30.8 Å². The number of carboxylic acid groups (broad SMARTS) is 1. The Labute approximate surface area is 206 Å². The molecule has 190 valence electrons. The number of hydrogen-bond acceptors (Lipinski definition) is 5. The monoisotopic (exact) mass is 510 g/mol. The number of carboxylic acids is 1. The largest absolute Gasteiger partial charge is 0.490 e. The van der Waals surface area contributed by atoms with E-state index in [2.05, 4.69) is 19.1 Å². The van der Waals surface area contributed by atoms with Crippen LogP contribution in [0.25, 0.3) is 0 Å². The third-order valence-electron chi connectivity index (χ3n) is 5.44. The van der Waals surface area contributed by atoms with Crippen molar-refractivity contribution in [1.82, 2.24) is 4.90 Å². The Balaban J connectivity index is 0.000000540. The number of alkyl halides is 3. The standard InChI is InChI=1S/C23H28N2O2S.C2HF3O2/c1-2-6-17(13-22(26)21(24)14-20-9-5-12-28-20)10-11-23(27)25-15-18-7-3-4-8-19(18)16-25;3-2(4,5)1(6)7/h3-5,7-12,17,21H,2,6,13-16,24H2,1H3;(H,6,7)/b11-10+;/t17-,21-;/m0./s1. The second kappa shape index (κ2) is 13.2. The van der Waals surface area contributed by atoms with Crippen molar-refractivity contribution in [3.05, 3.63) is 69.9 Å². The molecule has 2 aromatic rings. The number of nitrogens with two attached hydrogens (primary N) is 1. The minimum absolute atomic E-state index is 0.00707. The molecule has 1 aromatic heterocycles. The van der Waals surface area contributed by atoms with Gasteiger partial charge in [0.1, 0.15) is 5.78 Å². The highest BCUT2D eigenvalue weighted by atomic mass is 32.1. The Morgan fingerprint density at radius 1 is 1.14 bits per heavy atom. The van der Waals surface area contributed by atoms with Crippen LogP contribution in [0.4, 0.5) is 13.2 Å². The summed E-state index contributed by atoms with van der Waals surface area (Å²) < 4.78 is 31.7. The fraction of sp³-hybridized carbons (Fsp3) is 0.400. The maximum Gasteiger partial charge on any atom is 0.490 e. The molecule has 0 radical (unpaired) electrons. The van der Waals surface area contributed by atoms with E-state index in [-0.39, 0.29) is 17.6 Å². The SMILES string of the molecule is CCC[C@@H](/C=C/C(=O)N1Cc2ccccc2C1)CC(=O)[C@@H](N)Cc1cccs1.O=C(O)C(F)(F)F. The van der Waals surface area contributed by atoms with Crippen LogP contribution in [0.2, 0.25) is 0 Å². The van der Waals surface area contributed by atoms with Crippen molar-refractivity contribution >= 4 is 29.0 Å². The minimum atomic E-state index is -5.08. The molecule has 2 atom stereocenters. The number of nitrogens with zero attached hydrogens (tertiary/aromatic N) is 1. The predicted octanol–water partition coefficient (Wildman–Crippen LogP) is 4.73. The molecule has 6 nitrogen and oxygen atoms in total. The molecule has 0 bridgehead atoms. The van der Waals surface area contributed by atoms with E-state index in [9.17, 15) is 22.8 Å². The zero-order valence-corrected chi connectivity index (χ0v) is 20.1. The fourth-order valence-corrected chi connectivity index (χ4v) is 4.38. The van der Waals surface area contributed by atoms with Crippen LogP contribution in [0.5, 0.6) is 0 Å². The molecule has 1 aliphatic rings. The number of carbonyl (C=O) groups excluding carboxylic acids is 2. The second-order valence-electron chi connectivity index (χ2n) is 8.23. The number of carbonyl (C=O) groups is 3. The number of Topliss-reactive ketones (excluding diaryl/α,β-unsaturated/α-hetero) is 1. The van der Waals surface area contributed by atoms with Crippen molar-refractivity contribution in [1.29, 1.82) is 0 Å². The Morgan fingerprint density at radius 2 is 1.74 bits per heavy atom. The molecule has 0 unspecified atom stereocenters. The number of thiophene rings is 1. The lowest BCUT2D eigenvalue weighted by molar-refractivity contribution is -0.192. The van der Waals surface area contributed by atoms with Gasteiger partial charge in [0.2, 0.25) is 5.91 Å². The molecule has 1 aliphatic heterocycles. The van der Waals surface area contributed by atoms with Crippen LogP contribution in [-0.4, -0.2) is 39.9 Å². The van der Waals surface area contributed by atoms with Gasteiger partial charge in [0.15, 0.2) is 0 Å². The smallest absolute Gasteiger partial charge is 0.475 e. The molecule has 3 N–H and O–H groups in total. The first-order chi connectivity index (χ1) is 16.5. The van der Waals surface area contributed by atoms with E-state index in [1.807, 2.05) is 40.6 Å². The summed E-state index contributed by atoms with van der Waals surface area (Å²) in [6, 6.07) is 11.7. The summed E-state index contributed by atoms with van der Waals surface area (Å²) >= 11 is 1.62. The van der Waals surface area contributed by atoms with Crippen LogP contribution in [0, 0.1) is 5.92 Å². The van der Waals surface area contributed by atoms with Crippen LogP contribution in [0.3, 0.4) is 0 Å². The number of aliphatic carboxylic acids is 1. The van der Waals surface area contributed by atoms with Gasteiger partial charge in [-0.25, -0.2) is 4.79 Å². The van der Waals surface area contributed by atoms with Gasteiger partial charge in [0.05, 0.1) is 6.04 Å². The molecule has 1 amide bonds. The quantitative estimate of drug-likeness (QED) is 0.475. The third kappa shape index (κ3) is 9.29. The average Bonchev–Trinajstić information content (AvgIpc) is 3.46. The van der Waals surface area contributed by atoms with Gasteiger partial charge in [-0.3, -0.25) is 9.59 Å². The summed E-state index contributed by atoms with van der Waals surface area (Å²) in [5.41, 5.74) is 8.54. The molecule has 10 heteroatoms. The zero-order valence-electron chi connectivity index (χ0n) is 19.3. The lowest BCUT2D eigenvalue weighted by Crippen LogP contribution is -2.33. The van der Waals surface area contributed by atoms with Gasteiger partial charge < -0.3 is 15.7 Å². The third-order valence-corrected chi connectivity index (χ3v) is 6.34. The normalized spacial score (nSPS) is 14.7. The molecule has 0 fully saturated rings. The number of halogens is 3. The summed E-state index contributed by atoms with van der Waals surface area (Å²) in [5, 5.41) is 9.12. The van der Waals surface area contributed by atoms with Gasteiger partial charge in [-0.05, 0) is 41.0 Å². The lowest BCUT2D eigenvalue weighted by atomic mass is 9.93. The first-order valence-electron chi connectivity index (χ1n) is 11.2. The van der Waals surface area contributed by atoms with Crippen LogP contribution in [-0.2, 0) is 33.9 Å². The average molecular weight is 511 g/mol. The summed E-state index contributed by atoms with van der Waals surface area (Å²) in [7, 11) is 0. The van der Waals surface area contributed by atoms with E-state index in [4.69, 9.17) is 15.6 Å². The Bertz CT molecular complexity index is 997. The molecule has 0 saturated heterocycles. The first kappa shape index (κ1) is 28.3. The molecule has 35 heavy (non-hydrogen) atoms. The van der Waals surface area contributed by atoms with Crippen molar-refractivity contribution in [2.75, 3.05) is 0 Å². The predicted molar refractivity (Wildman–Crippen MR) is 128 cm³/mol. The Morgan fingerprint density at radius 3 is 2.23 bits per heavy atom.